The van der Waals surface area contributed by atoms with Gasteiger partial charge in [0.2, 0.25) is 0 Å². The highest BCUT2D eigenvalue weighted by Crippen LogP contribution is 2.28. The summed E-state index contributed by atoms with van der Waals surface area (Å²) in [6, 6.07) is 0. The van der Waals surface area contributed by atoms with E-state index in [1.54, 1.807) is 9.80 Å². The summed E-state index contributed by atoms with van der Waals surface area (Å²) in [6.45, 7) is 7.61. The minimum Gasteiger partial charge on any atom is -0.332 e. The molecule has 2 rings (SSSR count). The van der Waals surface area contributed by atoms with E-state index >= 15 is 0 Å². The van der Waals surface area contributed by atoms with Gasteiger partial charge in [0.05, 0.1) is 0 Å². The summed E-state index contributed by atoms with van der Waals surface area (Å²) >= 11 is 0. The summed E-state index contributed by atoms with van der Waals surface area (Å²) < 4.78 is 0. The molecule has 2 fully saturated rings. The van der Waals surface area contributed by atoms with Crippen molar-refractivity contribution < 1.29 is 9.59 Å². The fraction of sp³-hybridized carbons (Fsp3) is 0.833. The zero-order valence-corrected chi connectivity index (χ0v) is 10.7. The monoisotopic (exact) mass is 239 g/mol. The number of nitrogens with zero attached hydrogens (tertiary/aromatic N) is 2. The number of carbonyl (C=O) groups excluding carboxylic acids is 2. The Bertz CT molecular complexity index is 322. The summed E-state index contributed by atoms with van der Waals surface area (Å²) in [5.41, 5.74) is -0.166. The van der Waals surface area contributed by atoms with Crippen LogP contribution >= 0.6 is 0 Å². The van der Waals surface area contributed by atoms with Crippen molar-refractivity contribution in [2.24, 2.45) is 0 Å². The second kappa shape index (κ2) is 4.64. The van der Waals surface area contributed by atoms with Crippen LogP contribution in [0.4, 0.5) is 0 Å². The van der Waals surface area contributed by atoms with E-state index in [9.17, 15) is 9.59 Å². The highest BCUT2D eigenvalue weighted by atomic mass is 16.2. The lowest BCUT2D eigenvalue weighted by Gasteiger charge is -2.34. The van der Waals surface area contributed by atoms with Crippen LogP contribution in [0.5, 0.6) is 0 Å². The van der Waals surface area contributed by atoms with Crippen LogP contribution in [-0.4, -0.2) is 59.9 Å². The fourth-order valence-electron chi connectivity index (χ4n) is 2.60. The van der Waals surface area contributed by atoms with Crippen molar-refractivity contribution in [1.29, 1.82) is 0 Å². The lowest BCUT2D eigenvalue weighted by Crippen LogP contribution is -2.54. The van der Waals surface area contributed by atoms with Gasteiger partial charge in [-0.2, -0.15) is 0 Å². The molecule has 0 unspecified atom stereocenters. The van der Waals surface area contributed by atoms with Gasteiger partial charge in [-0.15, -0.1) is 0 Å². The minimum atomic E-state index is -0.332. The Morgan fingerprint density at radius 1 is 1.06 bits per heavy atom. The number of hydrogen-bond donors (Lipinski definition) is 1. The first-order chi connectivity index (χ1) is 8.02. The van der Waals surface area contributed by atoms with Crippen molar-refractivity contribution in [1.82, 2.24) is 15.1 Å². The molecule has 0 atom stereocenters. The Kier molecular flexibility index (Phi) is 3.38. The van der Waals surface area contributed by atoms with Gasteiger partial charge >= 0.3 is 11.8 Å². The average molecular weight is 239 g/mol. The van der Waals surface area contributed by atoms with Crippen LogP contribution in [0, 0.1) is 0 Å². The SMILES string of the molecule is CC1(C)CCCN1C(=O)C(=O)N1CCNCC1. The molecule has 0 aromatic rings. The molecule has 2 aliphatic heterocycles. The summed E-state index contributed by atoms with van der Waals surface area (Å²) in [5.74, 6) is -0.657. The van der Waals surface area contributed by atoms with Gasteiger partial charge in [0.25, 0.3) is 0 Å². The van der Waals surface area contributed by atoms with Gasteiger partial charge in [-0.05, 0) is 26.7 Å². The van der Waals surface area contributed by atoms with Crippen LogP contribution < -0.4 is 5.32 Å². The molecule has 5 nitrogen and oxygen atoms in total. The second-order valence-corrected chi connectivity index (χ2v) is 5.41. The number of piperazine rings is 1. The predicted molar refractivity (Wildman–Crippen MR) is 64.5 cm³/mol. The minimum absolute atomic E-state index is 0.166. The van der Waals surface area contributed by atoms with Crippen LogP contribution in [0.15, 0.2) is 0 Å². The van der Waals surface area contributed by atoms with Crippen molar-refractivity contribution in [2.75, 3.05) is 32.7 Å². The highest BCUT2D eigenvalue weighted by Gasteiger charge is 2.39. The van der Waals surface area contributed by atoms with Gasteiger partial charge in [-0.3, -0.25) is 9.59 Å². The van der Waals surface area contributed by atoms with E-state index < -0.39 is 0 Å². The summed E-state index contributed by atoms with van der Waals surface area (Å²) in [6.07, 6.45) is 1.97. The largest absolute Gasteiger partial charge is 0.332 e. The lowest BCUT2D eigenvalue weighted by atomic mass is 10.0. The zero-order chi connectivity index (χ0) is 12.5. The smallest absolute Gasteiger partial charge is 0.312 e. The Morgan fingerprint density at radius 3 is 2.24 bits per heavy atom. The summed E-state index contributed by atoms with van der Waals surface area (Å²) in [4.78, 5) is 27.6. The van der Waals surface area contributed by atoms with Crippen LogP contribution in [0.2, 0.25) is 0 Å². The van der Waals surface area contributed by atoms with E-state index in [0.29, 0.717) is 19.6 Å². The normalized spacial score (nSPS) is 23.9. The molecular weight excluding hydrogens is 218 g/mol. The molecule has 96 valence electrons. The van der Waals surface area contributed by atoms with E-state index in [0.717, 1.165) is 25.9 Å². The van der Waals surface area contributed by atoms with E-state index in [-0.39, 0.29) is 17.4 Å². The third-order valence-electron chi connectivity index (χ3n) is 3.73. The van der Waals surface area contributed by atoms with Crippen molar-refractivity contribution in [3.8, 4) is 0 Å². The number of rotatable bonds is 0. The molecule has 0 radical (unpaired) electrons. The number of amides is 2. The molecule has 1 N–H and O–H groups in total. The van der Waals surface area contributed by atoms with Gasteiger partial charge in [-0.1, -0.05) is 0 Å². The first kappa shape index (κ1) is 12.4. The maximum Gasteiger partial charge on any atom is 0.312 e. The quantitative estimate of drug-likeness (QED) is 0.597. The molecule has 17 heavy (non-hydrogen) atoms. The first-order valence-electron chi connectivity index (χ1n) is 6.34. The maximum absolute atomic E-state index is 12.2. The van der Waals surface area contributed by atoms with Crippen LogP contribution in [-0.2, 0) is 9.59 Å². The third kappa shape index (κ3) is 2.44. The fourth-order valence-corrected chi connectivity index (χ4v) is 2.60. The standard InChI is InChI=1S/C12H21N3O2/c1-12(2)4-3-7-15(12)11(17)10(16)14-8-5-13-6-9-14/h13H,3-9H2,1-2H3. The molecule has 5 heteroatoms. The Morgan fingerprint density at radius 2 is 1.71 bits per heavy atom. The van der Waals surface area contributed by atoms with E-state index in [1.165, 1.54) is 0 Å². The van der Waals surface area contributed by atoms with E-state index in [1.807, 2.05) is 13.8 Å². The van der Waals surface area contributed by atoms with Crippen molar-refractivity contribution in [3.05, 3.63) is 0 Å². The zero-order valence-electron chi connectivity index (χ0n) is 10.7. The molecule has 0 spiro atoms. The van der Waals surface area contributed by atoms with Crippen molar-refractivity contribution in [3.63, 3.8) is 0 Å². The van der Waals surface area contributed by atoms with E-state index in [4.69, 9.17) is 0 Å². The molecule has 0 aromatic carbocycles. The molecule has 0 bridgehead atoms. The van der Waals surface area contributed by atoms with Crippen LogP contribution in [0.25, 0.3) is 0 Å². The molecule has 0 saturated carbocycles. The Hall–Kier alpha value is -1.10. The molecule has 2 heterocycles. The Balaban J connectivity index is 2.01. The number of hydrogen-bond acceptors (Lipinski definition) is 3. The number of nitrogens with one attached hydrogen (secondary N) is 1. The van der Waals surface area contributed by atoms with Gasteiger partial charge in [0.1, 0.15) is 0 Å². The molecular formula is C12H21N3O2. The maximum atomic E-state index is 12.2. The van der Waals surface area contributed by atoms with Gasteiger partial charge in [0.15, 0.2) is 0 Å². The van der Waals surface area contributed by atoms with Crippen molar-refractivity contribution >= 4 is 11.8 Å². The topological polar surface area (TPSA) is 52.7 Å². The van der Waals surface area contributed by atoms with Gasteiger partial charge in [-0.25, -0.2) is 0 Å². The summed E-state index contributed by atoms with van der Waals surface area (Å²) in [7, 11) is 0. The van der Waals surface area contributed by atoms with Crippen LogP contribution in [0.3, 0.4) is 0 Å². The van der Waals surface area contributed by atoms with Crippen LogP contribution in [0.1, 0.15) is 26.7 Å². The second-order valence-electron chi connectivity index (χ2n) is 5.41. The lowest BCUT2D eigenvalue weighted by molar-refractivity contribution is -0.154. The Labute approximate surface area is 102 Å². The molecule has 2 amide bonds. The van der Waals surface area contributed by atoms with Gasteiger partial charge < -0.3 is 15.1 Å². The number of carbonyl (C=O) groups is 2. The average Bonchev–Trinajstić information content (AvgIpc) is 2.68. The third-order valence-corrected chi connectivity index (χ3v) is 3.73. The predicted octanol–water partition coefficient (Wildman–Crippen LogP) is -0.181. The van der Waals surface area contributed by atoms with E-state index in [2.05, 4.69) is 5.32 Å². The van der Waals surface area contributed by atoms with Gasteiger partial charge in [0, 0.05) is 38.3 Å². The molecule has 2 saturated heterocycles. The highest BCUT2D eigenvalue weighted by molar-refractivity contribution is 6.35. The first-order valence-corrected chi connectivity index (χ1v) is 6.34. The van der Waals surface area contributed by atoms with Crippen molar-refractivity contribution in [2.45, 2.75) is 32.2 Å². The number of likely N-dealkylation sites (tertiary alicyclic amines) is 1. The molecule has 0 aliphatic carbocycles. The summed E-state index contributed by atoms with van der Waals surface area (Å²) in [5, 5.41) is 3.18. The molecule has 0 aromatic heterocycles. The molecule has 2 aliphatic rings.